The van der Waals surface area contributed by atoms with E-state index in [4.69, 9.17) is 4.74 Å². The van der Waals surface area contributed by atoms with Gasteiger partial charge in [-0.25, -0.2) is 4.79 Å². The van der Waals surface area contributed by atoms with Gasteiger partial charge in [-0.15, -0.1) is 0 Å². The van der Waals surface area contributed by atoms with Gasteiger partial charge in [-0.05, 0) is 19.8 Å². The standard InChI is InChI=1S/C11H15N3O3/c1-2-17-11(16)8-5-12-14(6-8)7-10(15)13-9-3-4-9/h5-6,9H,2-4,7H2,1H3,(H,13,15). The van der Waals surface area contributed by atoms with Crippen molar-refractivity contribution < 1.29 is 14.3 Å². The molecule has 1 amide bonds. The van der Waals surface area contributed by atoms with Crippen molar-refractivity contribution in [2.45, 2.75) is 32.4 Å². The molecule has 2 rings (SSSR count). The molecule has 1 aromatic heterocycles. The van der Waals surface area contributed by atoms with Crippen LogP contribution in [0.3, 0.4) is 0 Å². The minimum absolute atomic E-state index is 0.0778. The summed E-state index contributed by atoms with van der Waals surface area (Å²) in [5.74, 6) is -0.493. The molecule has 0 atom stereocenters. The fourth-order valence-electron chi connectivity index (χ4n) is 1.42. The van der Waals surface area contributed by atoms with Crippen molar-refractivity contribution in [1.29, 1.82) is 0 Å². The highest BCUT2D eigenvalue weighted by Gasteiger charge is 2.23. The molecule has 0 saturated heterocycles. The summed E-state index contributed by atoms with van der Waals surface area (Å²) in [5.41, 5.74) is 0.367. The zero-order valence-electron chi connectivity index (χ0n) is 9.68. The number of hydrogen-bond acceptors (Lipinski definition) is 4. The number of carbonyl (C=O) groups is 2. The molecular weight excluding hydrogens is 222 g/mol. The van der Waals surface area contributed by atoms with Crippen molar-refractivity contribution in [3.05, 3.63) is 18.0 Å². The molecule has 1 aromatic rings. The normalized spacial score (nSPS) is 14.4. The number of aromatic nitrogens is 2. The van der Waals surface area contributed by atoms with E-state index in [-0.39, 0.29) is 12.5 Å². The molecule has 1 saturated carbocycles. The third kappa shape index (κ3) is 3.30. The summed E-state index contributed by atoms with van der Waals surface area (Å²) >= 11 is 0. The van der Waals surface area contributed by atoms with Gasteiger partial charge >= 0.3 is 5.97 Å². The van der Waals surface area contributed by atoms with Gasteiger partial charge in [0.05, 0.1) is 18.4 Å². The molecule has 0 radical (unpaired) electrons. The summed E-state index contributed by atoms with van der Waals surface area (Å²) in [4.78, 5) is 22.8. The van der Waals surface area contributed by atoms with Gasteiger partial charge in [-0.3, -0.25) is 9.48 Å². The van der Waals surface area contributed by atoms with Gasteiger partial charge < -0.3 is 10.1 Å². The summed E-state index contributed by atoms with van der Waals surface area (Å²) < 4.78 is 6.26. The van der Waals surface area contributed by atoms with Gasteiger partial charge in [0.15, 0.2) is 0 Å². The van der Waals surface area contributed by atoms with Crippen molar-refractivity contribution in [2.24, 2.45) is 0 Å². The molecule has 6 heteroatoms. The molecule has 6 nitrogen and oxygen atoms in total. The Morgan fingerprint density at radius 2 is 2.35 bits per heavy atom. The first-order valence-electron chi connectivity index (χ1n) is 5.68. The van der Waals surface area contributed by atoms with E-state index in [1.165, 1.54) is 17.1 Å². The van der Waals surface area contributed by atoms with E-state index >= 15 is 0 Å². The maximum atomic E-state index is 11.5. The monoisotopic (exact) mass is 237 g/mol. The largest absolute Gasteiger partial charge is 0.462 e. The number of nitrogens with zero attached hydrogens (tertiary/aromatic N) is 2. The molecule has 0 aromatic carbocycles. The van der Waals surface area contributed by atoms with E-state index < -0.39 is 5.97 Å². The van der Waals surface area contributed by atoms with Crippen LogP contribution < -0.4 is 5.32 Å². The summed E-state index contributed by atoms with van der Waals surface area (Å²) in [6.07, 6.45) is 5.03. The Bertz CT molecular complexity index is 423. The minimum Gasteiger partial charge on any atom is -0.462 e. The lowest BCUT2D eigenvalue weighted by Gasteiger charge is -2.02. The predicted octanol–water partition coefficient (Wildman–Crippen LogP) is 0.338. The first-order valence-corrected chi connectivity index (χ1v) is 5.68. The summed E-state index contributed by atoms with van der Waals surface area (Å²) in [7, 11) is 0. The molecule has 1 aliphatic rings. The van der Waals surface area contributed by atoms with Crippen LogP contribution in [0.5, 0.6) is 0 Å². The molecular formula is C11H15N3O3. The van der Waals surface area contributed by atoms with Crippen LogP contribution in [-0.2, 0) is 16.1 Å². The lowest BCUT2D eigenvalue weighted by molar-refractivity contribution is -0.122. The Hall–Kier alpha value is -1.85. The predicted molar refractivity (Wildman–Crippen MR) is 59.3 cm³/mol. The fourth-order valence-corrected chi connectivity index (χ4v) is 1.42. The summed E-state index contributed by atoms with van der Waals surface area (Å²) in [6.45, 7) is 2.20. The average molecular weight is 237 g/mol. The third-order valence-corrected chi connectivity index (χ3v) is 2.39. The highest BCUT2D eigenvalue weighted by atomic mass is 16.5. The van der Waals surface area contributed by atoms with Crippen LogP contribution in [0.1, 0.15) is 30.1 Å². The second-order valence-corrected chi connectivity index (χ2v) is 3.99. The van der Waals surface area contributed by atoms with Gasteiger partial charge in [0.1, 0.15) is 6.54 Å². The zero-order valence-corrected chi connectivity index (χ0v) is 9.68. The number of amides is 1. The second kappa shape index (κ2) is 4.99. The Balaban J connectivity index is 1.88. The SMILES string of the molecule is CCOC(=O)c1cnn(CC(=O)NC2CC2)c1. The summed E-state index contributed by atoms with van der Waals surface area (Å²) in [6, 6.07) is 0.336. The highest BCUT2D eigenvalue weighted by Crippen LogP contribution is 2.18. The maximum Gasteiger partial charge on any atom is 0.341 e. The smallest absolute Gasteiger partial charge is 0.341 e. The number of esters is 1. The van der Waals surface area contributed by atoms with Crippen molar-refractivity contribution >= 4 is 11.9 Å². The minimum atomic E-state index is -0.415. The van der Waals surface area contributed by atoms with Gasteiger partial charge in [-0.1, -0.05) is 0 Å². The average Bonchev–Trinajstić information content (AvgIpc) is 2.95. The van der Waals surface area contributed by atoms with Crippen LogP contribution in [0, 0.1) is 0 Å². The first-order chi connectivity index (χ1) is 8.19. The van der Waals surface area contributed by atoms with E-state index in [1.54, 1.807) is 6.92 Å². The maximum absolute atomic E-state index is 11.5. The van der Waals surface area contributed by atoms with Crippen molar-refractivity contribution in [1.82, 2.24) is 15.1 Å². The van der Waals surface area contributed by atoms with Gasteiger partial charge in [0.25, 0.3) is 0 Å². The molecule has 1 heterocycles. The van der Waals surface area contributed by atoms with E-state index in [0.29, 0.717) is 18.2 Å². The molecule has 92 valence electrons. The topological polar surface area (TPSA) is 73.2 Å². The Morgan fingerprint density at radius 3 is 3.00 bits per heavy atom. The molecule has 1 fully saturated rings. The number of nitrogens with one attached hydrogen (secondary N) is 1. The van der Waals surface area contributed by atoms with E-state index in [2.05, 4.69) is 10.4 Å². The molecule has 0 spiro atoms. The Kier molecular flexibility index (Phi) is 3.41. The first kappa shape index (κ1) is 11.6. The number of hydrogen-bond donors (Lipinski definition) is 1. The van der Waals surface area contributed by atoms with Crippen LogP contribution in [0.15, 0.2) is 12.4 Å². The van der Waals surface area contributed by atoms with E-state index in [1.807, 2.05) is 0 Å². The number of carbonyl (C=O) groups excluding carboxylic acids is 2. The van der Waals surface area contributed by atoms with E-state index in [9.17, 15) is 9.59 Å². The van der Waals surface area contributed by atoms with Crippen LogP contribution in [0.25, 0.3) is 0 Å². The number of ether oxygens (including phenoxy) is 1. The zero-order chi connectivity index (χ0) is 12.3. The van der Waals surface area contributed by atoms with Crippen LogP contribution in [0.4, 0.5) is 0 Å². The van der Waals surface area contributed by atoms with Crippen molar-refractivity contribution in [2.75, 3.05) is 6.61 Å². The Morgan fingerprint density at radius 1 is 1.59 bits per heavy atom. The Labute approximate surface area is 98.9 Å². The van der Waals surface area contributed by atoms with Gasteiger partial charge in [-0.2, -0.15) is 5.10 Å². The van der Waals surface area contributed by atoms with Crippen LogP contribution >= 0.6 is 0 Å². The molecule has 1 N–H and O–H groups in total. The lowest BCUT2D eigenvalue weighted by Crippen LogP contribution is -2.29. The van der Waals surface area contributed by atoms with Crippen molar-refractivity contribution in [3.8, 4) is 0 Å². The van der Waals surface area contributed by atoms with E-state index in [0.717, 1.165) is 12.8 Å². The van der Waals surface area contributed by atoms with Crippen molar-refractivity contribution in [3.63, 3.8) is 0 Å². The van der Waals surface area contributed by atoms with Gasteiger partial charge in [0, 0.05) is 12.2 Å². The fraction of sp³-hybridized carbons (Fsp3) is 0.545. The number of rotatable bonds is 5. The summed E-state index contributed by atoms with van der Waals surface area (Å²) in [5, 5.41) is 6.79. The molecule has 1 aliphatic carbocycles. The molecule has 0 aliphatic heterocycles. The van der Waals surface area contributed by atoms with Crippen LogP contribution in [-0.4, -0.2) is 34.3 Å². The quantitative estimate of drug-likeness (QED) is 0.749. The van der Waals surface area contributed by atoms with Crippen LogP contribution in [0.2, 0.25) is 0 Å². The molecule has 17 heavy (non-hydrogen) atoms. The molecule has 0 bridgehead atoms. The second-order valence-electron chi connectivity index (χ2n) is 3.99. The highest BCUT2D eigenvalue weighted by molar-refractivity contribution is 5.88. The van der Waals surface area contributed by atoms with Gasteiger partial charge in [0.2, 0.25) is 5.91 Å². The molecule has 0 unspecified atom stereocenters. The lowest BCUT2D eigenvalue weighted by atomic mass is 10.4. The third-order valence-electron chi connectivity index (χ3n) is 2.39.